The van der Waals surface area contributed by atoms with E-state index in [-0.39, 0.29) is 23.8 Å². The molecular weight excluding hydrogens is 455 g/mol. The van der Waals surface area contributed by atoms with Crippen molar-refractivity contribution in [1.82, 2.24) is 29.9 Å². The van der Waals surface area contributed by atoms with E-state index in [4.69, 9.17) is 0 Å². The smallest absolute Gasteiger partial charge is 0.434 e. The third kappa shape index (κ3) is 4.62. The number of anilines is 1. The Bertz CT molecular complexity index is 1320. The molecule has 13 heteroatoms. The van der Waals surface area contributed by atoms with E-state index in [1.807, 2.05) is 0 Å². The van der Waals surface area contributed by atoms with Gasteiger partial charge in [0.15, 0.2) is 11.5 Å². The highest BCUT2D eigenvalue weighted by Crippen LogP contribution is 2.34. The maximum atomic E-state index is 13.6. The van der Waals surface area contributed by atoms with Gasteiger partial charge >= 0.3 is 12.1 Å². The molecule has 0 bridgehead atoms. The van der Waals surface area contributed by atoms with Gasteiger partial charge in [-0.25, -0.2) is 9.48 Å². The highest BCUT2D eigenvalue weighted by Gasteiger charge is 2.41. The molecule has 0 saturated carbocycles. The number of pyridine rings is 1. The summed E-state index contributed by atoms with van der Waals surface area (Å²) in [7, 11) is 0. The SMILES string of the molecule is CCOC(=O)c1cnn(-c2ccc(C(=O)Nc3n[nH]c(-c4ccccn4)n3)cc2)c1C(F)(F)F. The number of rotatable bonds is 6. The first-order valence-corrected chi connectivity index (χ1v) is 9.86. The third-order valence-electron chi connectivity index (χ3n) is 4.53. The molecule has 0 atom stereocenters. The minimum atomic E-state index is -4.87. The number of amides is 1. The number of alkyl halides is 3. The van der Waals surface area contributed by atoms with Crippen molar-refractivity contribution < 1.29 is 27.5 Å². The van der Waals surface area contributed by atoms with Gasteiger partial charge in [-0.05, 0) is 43.3 Å². The topological polar surface area (TPSA) is 128 Å². The lowest BCUT2D eigenvalue weighted by Crippen LogP contribution is -2.18. The van der Waals surface area contributed by atoms with E-state index in [9.17, 15) is 22.8 Å². The van der Waals surface area contributed by atoms with Crippen LogP contribution in [0.25, 0.3) is 17.2 Å². The molecule has 4 aromatic rings. The number of hydrogen-bond donors (Lipinski definition) is 2. The van der Waals surface area contributed by atoms with Crippen LogP contribution in [0.1, 0.15) is 33.3 Å². The normalized spacial score (nSPS) is 11.3. The lowest BCUT2D eigenvalue weighted by atomic mass is 10.2. The maximum Gasteiger partial charge on any atom is 0.434 e. The largest absolute Gasteiger partial charge is 0.462 e. The molecule has 2 N–H and O–H groups in total. The van der Waals surface area contributed by atoms with Crippen molar-refractivity contribution in [1.29, 1.82) is 0 Å². The Morgan fingerprint density at radius 1 is 1.15 bits per heavy atom. The number of nitrogens with zero attached hydrogens (tertiary/aromatic N) is 5. The second-order valence-electron chi connectivity index (χ2n) is 6.76. The van der Waals surface area contributed by atoms with Crippen LogP contribution < -0.4 is 5.32 Å². The van der Waals surface area contributed by atoms with Gasteiger partial charge in [0, 0.05) is 11.8 Å². The van der Waals surface area contributed by atoms with Crippen molar-refractivity contribution in [3.8, 4) is 17.2 Å². The first-order chi connectivity index (χ1) is 16.3. The zero-order chi connectivity index (χ0) is 24.3. The summed E-state index contributed by atoms with van der Waals surface area (Å²) in [6, 6.07) is 10.4. The van der Waals surface area contributed by atoms with Gasteiger partial charge in [0.1, 0.15) is 11.3 Å². The minimum absolute atomic E-state index is 0.000224. The van der Waals surface area contributed by atoms with Gasteiger partial charge in [0.05, 0.1) is 18.5 Å². The van der Waals surface area contributed by atoms with Gasteiger partial charge in [0.2, 0.25) is 5.95 Å². The van der Waals surface area contributed by atoms with E-state index in [0.717, 1.165) is 6.20 Å². The van der Waals surface area contributed by atoms with Crippen LogP contribution in [0.3, 0.4) is 0 Å². The molecule has 3 aromatic heterocycles. The second-order valence-corrected chi connectivity index (χ2v) is 6.76. The van der Waals surface area contributed by atoms with Crippen molar-refractivity contribution in [2.45, 2.75) is 13.1 Å². The van der Waals surface area contributed by atoms with Crippen LogP contribution in [0.4, 0.5) is 19.1 Å². The van der Waals surface area contributed by atoms with Gasteiger partial charge in [-0.3, -0.25) is 20.2 Å². The lowest BCUT2D eigenvalue weighted by Gasteiger charge is -2.12. The van der Waals surface area contributed by atoms with Crippen molar-refractivity contribution in [2.75, 3.05) is 11.9 Å². The number of benzene rings is 1. The Hall–Kier alpha value is -4.55. The molecule has 1 aromatic carbocycles. The Kier molecular flexibility index (Phi) is 6.08. The Balaban J connectivity index is 1.54. The number of aromatic amines is 1. The maximum absolute atomic E-state index is 13.6. The average Bonchev–Trinajstić information content (AvgIpc) is 3.47. The molecule has 10 nitrogen and oxygen atoms in total. The average molecular weight is 471 g/mol. The molecule has 174 valence electrons. The number of carbonyl (C=O) groups excluding carboxylic acids is 2. The third-order valence-corrected chi connectivity index (χ3v) is 4.53. The molecule has 1 amide bonds. The van der Waals surface area contributed by atoms with E-state index >= 15 is 0 Å². The minimum Gasteiger partial charge on any atom is -0.462 e. The monoisotopic (exact) mass is 471 g/mol. The summed E-state index contributed by atoms with van der Waals surface area (Å²) in [6.45, 7) is 1.40. The van der Waals surface area contributed by atoms with Gasteiger partial charge in [0.25, 0.3) is 5.91 Å². The number of ether oxygens (including phenoxy) is 1. The number of H-pyrrole nitrogens is 1. The summed E-state index contributed by atoms with van der Waals surface area (Å²) in [5.41, 5.74) is -1.31. The van der Waals surface area contributed by atoms with Crippen LogP contribution in [0.2, 0.25) is 0 Å². The number of esters is 1. The van der Waals surface area contributed by atoms with Crippen molar-refractivity contribution in [3.05, 3.63) is 71.7 Å². The fourth-order valence-corrected chi connectivity index (χ4v) is 3.04. The molecule has 4 rings (SSSR count). The van der Waals surface area contributed by atoms with Crippen molar-refractivity contribution in [2.24, 2.45) is 0 Å². The van der Waals surface area contributed by atoms with Crippen LogP contribution >= 0.6 is 0 Å². The van der Waals surface area contributed by atoms with Crippen molar-refractivity contribution >= 4 is 17.8 Å². The van der Waals surface area contributed by atoms with Crippen LogP contribution in [-0.4, -0.2) is 48.4 Å². The molecule has 0 aliphatic heterocycles. The van der Waals surface area contributed by atoms with Crippen LogP contribution in [0.15, 0.2) is 54.9 Å². The van der Waals surface area contributed by atoms with Crippen molar-refractivity contribution in [3.63, 3.8) is 0 Å². The van der Waals surface area contributed by atoms with Crippen LogP contribution in [-0.2, 0) is 10.9 Å². The highest BCUT2D eigenvalue weighted by molar-refractivity contribution is 6.03. The van der Waals surface area contributed by atoms with Crippen LogP contribution in [0, 0.1) is 0 Å². The van der Waals surface area contributed by atoms with E-state index in [1.165, 1.54) is 31.2 Å². The zero-order valence-electron chi connectivity index (χ0n) is 17.5. The Morgan fingerprint density at radius 2 is 1.91 bits per heavy atom. The summed E-state index contributed by atoms with van der Waals surface area (Å²) in [5, 5.41) is 12.7. The number of halogens is 3. The number of aromatic nitrogens is 6. The molecule has 0 saturated heterocycles. The zero-order valence-corrected chi connectivity index (χ0v) is 17.5. The molecular formula is C21H16F3N7O3. The predicted molar refractivity (Wildman–Crippen MR) is 112 cm³/mol. The van der Waals surface area contributed by atoms with Crippen LogP contribution in [0.5, 0.6) is 0 Å². The molecule has 0 aliphatic rings. The van der Waals surface area contributed by atoms with Gasteiger partial charge in [-0.1, -0.05) is 6.07 Å². The molecule has 3 heterocycles. The fourth-order valence-electron chi connectivity index (χ4n) is 3.04. The Morgan fingerprint density at radius 3 is 2.56 bits per heavy atom. The molecule has 0 radical (unpaired) electrons. The molecule has 0 spiro atoms. The first kappa shape index (κ1) is 22.6. The van der Waals surface area contributed by atoms with E-state index in [2.05, 4.69) is 35.3 Å². The molecule has 0 fully saturated rings. The number of hydrogen-bond acceptors (Lipinski definition) is 7. The summed E-state index contributed by atoms with van der Waals surface area (Å²) in [4.78, 5) is 32.7. The Labute approximate surface area is 189 Å². The quantitative estimate of drug-likeness (QED) is 0.412. The van der Waals surface area contributed by atoms with E-state index in [1.54, 1.807) is 24.4 Å². The fraction of sp³-hybridized carbons (Fsp3) is 0.143. The van der Waals surface area contributed by atoms with E-state index in [0.29, 0.717) is 16.2 Å². The molecule has 34 heavy (non-hydrogen) atoms. The molecule has 0 aliphatic carbocycles. The number of nitrogens with one attached hydrogen (secondary N) is 2. The second kappa shape index (κ2) is 9.13. The summed E-state index contributed by atoms with van der Waals surface area (Å²) in [6.07, 6.45) is -2.49. The predicted octanol–water partition coefficient (Wildman–Crippen LogP) is 3.50. The summed E-state index contributed by atoms with van der Waals surface area (Å²) < 4.78 is 46.2. The standard InChI is InChI=1S/C21H16F3N7O3/c1-2-34-19(33)14-11-26-31(16(14)21(22,23)24)13-8-6-12(7-9-13)18(32)28-20-27-17(29-30-20)15-5-3-4-10-25-15/h3-11H,2H2,1H3,(H2,27,28,29,30,32). The molecule has 0 unspecified atom stereocenters. The van der Waals surface area contributed by atoms with Gasteiger partial charge < -0.3 is 4.74 Å². The summed E-state index contributed by atoms with van der Waals surface area (Å²) in [5.74, 6) is -1.36. The van der Waals surface area contributed by atoms with E-state index < -0.39 is 29.3 Å². The lowest BCUT2D eigenvalue weighted by molar-refractivity contribution is -0.143. The number of carbonyl (C=O) groups is 2. The first-order valence-electron chi connectivity index (χ1n) is 9.86. The van der Waals surface area contributed by atoms with Gasteiger partial charge in [-0.15, -0.1) is 5.10 Å². The summed E-state index contributed by atoms with van der Waals surface area (Å²) >= 11 is 0. The highest BCUT2D eigenvalue weighted by atomic mass is 19.4. The van der Waals surface area contributed by atoms with Gasteiger partial charge in [-0.2, -0.15) is 23.3 Å².